The SMILES string of the molecule is COC(=O)c1cccc(NC(=O)c2ccnc(Nc3c(F)cccc3F)c2)c1. The minimum absolute atomic E-state index is 0.0972. The van der Waals surface area contributed by atoms with Gasteiger partial charge in [-0.15, -0.1) is 0 Å². The van der Waals surface area contributed by atoms with Gasteiger partial charge in [-0.25, -0.2) is 18.6 Å². The van der Waals surface area contributed by atoms with Gasteiger partial charge in [0.05, 0.1) is 12.7 Å². The fourth-order valence-corrected chi connectivity index (χ4v) is 2.43. The number of anilines is 3. The third-order valence-corrected chi connectivity index (χ3v) is 3.78. The highest BCUT2D eigenvalue weighted by Crippen LogP contribution is 2.22. The van der Waals surface area contributed by atoms with Crippen molar-refractivity contribution >= 4 is 29.1 Å². The number of pyridine rings is 1. The smallest absolute Gasteiger partial charge is 0.337 e. The quantitative estimate of drug-likeness (QED) is 0.647. The summed E-state index contributed by atoms with van der Waals surface area (Å²) in [5, 5.41) is 5.17. The summed E-state index contributed by atoms with van der Waals surface area (Å²) < 4.78 is 32.2. The summed E-state index contributed by atoms with van der Waals surface area (Å²) in [4.78, 5) is 28.0. The number of halogens is 2. The molecular weight excluding hydrogens is 368 g/mol. The van der Waals surface area contributed by atoms with E-state index in [0.717, 1.165) is 12.1 Å². The highest BCUT2D eigenvalue weighted by molar-refractivity contribution is 6.05. The number of carbonyl (C=O) groups excluding carboxylic acids is 2. The second kappa shape index (κ2) is 8.26. The maximum atomic E-state index is 13.8. The van der Waals surface area contributed by atoms with Crippen LogP contribution in [0.1, 0.15) is 20.7 Å². The normalized spacial score (nSPS) is 10.2. The van der Waals surface area contributed by atoms with E-state index >= 15 is 0 Å². The lowest BCUT2D eigenvalue weighted by Gasteiger charge is -2.10. The summed E-state index contributed by atoms with van der Waals surface area (Å²) in [6.45, 7) is 0. The number of nitrogens with one attached hydrogen (secondary N) is 2. The van der Waals surface area contributed by atoms with Crippen molar-refractivity contribution in [2.45, 2.75) is 0 Å². The van der Waals surface area contributed by atoms with E-state index in [9.17, 15) is 18.4 Å². The molecule has 0 aliphatic carbocycles. The van der Waals surface area contributed by atoms with E-state index < -0.39 is 23.5 Å². The van der Waals surface area contributed by atoms with Gasteiger partial charge in [-0.05, 0) is 42.5 Å². The molecule has 0 fully saturated rings. The Kier molecular flexibility index (Phi) is 5.59. The zero-order valence-electron chi connectivity index (χ0n) is 14.7. The molecule has 0 bridgehead atoms. The largest absolute Gasteiger partial charge is 0.465 e. The molecular formula is C20H15F2N3O3. The zero-order chi connectivity index (χ0) is 20.1. The van der Waals surface area contributed by atoms with E-state index in [2.05, 4.69) is 20.4 Å². The predicted octanol–water partition coefficient (Wildman–Crippen LogP) is 4.14. The van der Waals surface area contributed by atoms with Crippen LogP contribution in [0.3, 0.4) is 0 Å². The molecule has 0 aliphatic rings. The van der Waals surface area contributed by atoms with E-state index in [0.29, 0.717) is 5.69 Å². The maximum Gasteiger partial charge on any atom is 0.337 e. The van der Waals surface area contributed by atoms with Crippen LogP contribution in [-0.4, -0.2) is 24.0 Å². The number of para-hydroxylation sites is 1. The lowest BCUT2D eigenvalue weighted by atomic mass is 10.2. The lowest BCUT2D eigenvalue weighted by Crippen LogP contribution is -2.13. The summed E-state index contributed by atoms with van der Waals surface area (Å²) in [7, 11) is 1.26. The first-order chi connectivity index (χ1) is 13.5. The fourth-order valence-electron chi connectivity index (χ4n) is 2.43. The average molecular weight is 383 g/mol. The van der Waals surface area contributed by atoms with Crippen molar-refractivity contribution in [2.75, 3.05) is 17.7 Å². The highest BCUT2D eigenvalue weighted by Gasteiger charge is 2.13. The Morgan fingerprint density at radius 3 is 2.39 bits per heavy atom. The number of nitrogens with zero attached hydrogens (tertiary/aromatic N) is 1. The van der Waals surface area contributed by atoms with Crippen LogP contribution in [0, 0.1) is 11.6 Å². The van der Waals surface area contributed by atoms with Crippen LogP contribution in [0.25, 0.3) is 0 Å². The van der Waals surface area contributed by atoms with Crippen LogP contribution >= 0.6 is 0 Å². The molecule has 0 unspecified atom stereocenters. The van der Waals surface area contributed by atoms with E-state index in [1.165, 1.54) is 37.6 Å². The molecule has 3 rings (SSSR count). The lowest BCUT2D eigenvalue weighted by molar-refractivity contribution is 0.0600. The number of amides is 1. The molecule has 0 radical (unpaired) electrons. The van der Waals surface area contributed by atoms with Crippen molar-refractivity contribution < 1.29 is 23.1 Å². The van der Waals surface area contributed by atoms with E-state index in [-0.39, 0.29) is 22.6 Å². The Hall–Kier alpha value is -3.81. The van der Waals surface area contributed by atoms with Gasteiger partial charge in [0.1, 0.15) is 23.1 Å². The van der Waals surface area contributed by atoms with Gasteiger partial charge < -0.3 is 15.4 Å². The van der Waals surface area contributed by atoms with E-state index in [1.54, 1.807) is 18.2 Å². The first-order valence-electron chi connectivity index (χ1n) is 8.15. The molecule has 6 nitrogen and oxygen atoms in total. The van der Waals surface area contributed by atoms with Gasteiger partial charge in [0.2, 0.25) is 0 Å². The first kappa shape index (κ1) is 19.0. The Balaban J connectivity index is 1.78. The van der Waals surface area contributed by atoms with Crippen LogP contribution in [-0.2, 0) is 4.74 Å². The zero-order valence-corrected chi connectivity index (χ0v) is 14.7. The molecule has 0 spiro atoms. The topological polar surface area (TPSA) is 80.3 Å². The number of methoxy groups -OCH3 is 1. The monoisotopic (exact) mass is 383 g/mol. The van der Waals surface area contributed by atoms with Crippen LogP contribution in [0.15, 0.2) is 60.8 Å². The number of aromatic nitrogens is 1. The summed E-state index contributed by atoms with van der Waals surface area (Å²) in [5.41, 5.74) is 0.517. The summed E-state index contributed by atoms with van der Waals surface area (Å²) >= 11 is 0. The van der Waals surface area contributed by atoms with Gasteiger partial charge >= 0.3 is 5.97 Å². The van der Waals surface area contributed by atoms with Crippen LogP contribution in [0.4, 0.5) is 26.0 Å². The van der Waals surface area contributed by atoms with Crippen molar-refractivity contribution in [2.24, 2.45) is 0 Å². The molecule has 3 aromatic rings. The molecule has 2 N–H and O–H groups in total. The molecule has 2 aromatic carbocycles. The van der Waals surface area contributed by atoms with Gasteiger partial charge in [0, 0.05) is 17.4 Å². The van der Waals surface area contributed by atoms with E-state index in [4.69, 9.17) is 0 Å². The molecule has 142 valence electrons. The number of esters is 1. The Morgan fingerprint density at radius 2 is 1.68 bits per heavy atom. The Morgan fingerprint density at radius 1 is 0.964 bits per heavy atom. The number of carbonyl (C=O) groups is 2. The summed E-state index contributed by atoms with van der Waals surface area (Å²) in [6, 6.07) is 12.5. The van der Waals surface area contributed by atoms with Gasteiger partial charge in [-0.2, -0.15) is 0 Å². The second-order valence-electron chi connectivity index (χ2n) is 5.68. The highest BCUT2D eigenvalue weighted by atomic mass is 19.1. The number of hydrogen-bond donors (Lipinski definition) is 2. The van der Waals surface area contributed by atoms with Crippen LogP contribution < -0.4 is 10.6 Å². The van der Waals surface area contributed by atoms with Crippen molar-refractivity contribution in [1.29, 1.82) is 0 Å². The molecule has 0 aliphatic heterocycles. The second-order valence-corrected chi connectivity index (χ2v) is 5.68. The van der Waals surface area contributed by atoms with Crippen LogP contribution in [0.5, 0.6) is 0 Å². The summed E-state index contributed by atoms with van der Waals surface area (Å²) in [6.07, 6.45) is 1.33. The van der Waals surface area contributed by atoms with Crippen molar-refractivity contribution in [3.8, 4) is 0 Å². The number of rotatable bonds is 5. The van der Waals surface area contributed by atoms with Gasteiger partial charge in [-0.3, -0.25) is 4.79 Å². The molecule has 28 heavy (non-hydrogen) atoms. The standard InChI is InChI=1S/C20H15F2N3O3/c1-28-20(27)13-4-2-5-14(10-13)24-19(26)12-8-9-23-17(11-12)25-18-15(21)6-3-7-16(18)22/h2-11H,1H3,(H,23,25)(H,24,26). The molecule has 0 saturated carbocycles. The molecule has 1 aromatic heterocycles. The molecule has 0 atom stereocenters. The fraction of sp³-hybridized carbons (Fsp3) is 0.0500. The molecule has 1 amide bonds. The van der Waals surface area contributed by atoms with E-state index in [1.807, 2.05) is 0 Å². The molecule has 8 heteroatoms. The summed E-state index contributed by atoms with van der Waals surface area (Å²) in [5.74, 6) is -2.48. The van der Waals surface area contributed by atoms with Gasteiger partial charge in [-0.1, -0.05) is 12.1 Å². The van der Waals surface area contributed by atoms with Crippen LogP contribution in [0.2, 0.25) is 0 Å². The number of ether oxygens (including phenoxy) is 1. The third-order valence-electron chi connectivity index (χ3n) is 3.78. The van der Waals surface area contributed by atoms with Gasteiger partial charge in [0.15, 0.2) is 0 Å². The van der Waals surface area contributed by atoms with Crippen molar-refractivity contribution in [3.05, 3.63) is 83.6 Å². The Labute approximate surface area is 159 Å². The minimum Gasteiger partial charge on any atom is -0.465 e. The maximum absolute atomic E-state index is 13.8. The third kappa shape index (κ3) is 4.29. The number of hydrogen-bond acceptors (Lipinski definition) is 5. The molecule has 0 saturated heterocycles. The minimum atomic E-state index is -0.781. The average Bonchev–Trinajstić information content (AvgIpc) is 2.70. The van der Waals surface area contributed by atoms with Crippen molar-refractivity contribution in [3.63, 3.8) is 0 Å². The van der Waals surface area contributed by atoms with Crippen molar-refractivity contribution in [1.82, 2.24) is 4.98 Å². The van der Waals surface area contributed by atoms with Gasteiger partial charge in [0.25, 0.3) is 5.91 Å². The number of benzene rings is 2. The molecule has 1 heterocycles. The predicted molar refractivity (Wildman–Crippen MR) is 99.6 cm³/mol. The first-order valence-corrected chi connectivity index (χ1v) is 8.15. The Bertz CT molecular complexity index is 1020.